The number of esters is 1. The number of aromatic nitrogens is 2. The van der Waals surface area contributed by atoms with Crippen LogP contribution in [0.2, 0.25) is 0 Å². The molecule has 1 aromatic heterocycles. The quantitative estimate of drug-likeness (QED) is 0.355. The molecule has 0 fully saturated rings. The molecule has 23 heavy (non-hydrogen) atoms. The lowest BCUT2D eigenvalue weighted by Gasteiger charge is -2.10. The van der Waals surface area contributed by atoms with Gasteiger partial charge >= 0.3 is 5.97 Å². The lowest BCUT2D eigenvalue weighted by Crippen LogP contribution is -2.09. The lowest BCUT2D eigenvalue weighted by atomic mass is 10.1. The summed E-state index contributed by atoms with van der Waals surface area (Å²) >= 11 is 0. The summed E-state index contributed by atoms with van der Waals surface area (Å²) in [6.07, 6.45) is 14.1. The van der Waals surface area contributed by atoms with E-state index in [9.17, 15) is 4.79 Å². The predicted octanol–water partition coefficient (Wildman–Crippen LogP) is 4.92. The molecule has 2 rings (SSSR count). The fourth-order valence-corrected chi connectivity index (χ4v) is 2.56. The molecule has 1 aromatic carbocycles. The maximum Gasteiger partial charge on any atom is 0.311 e. The van der Waals surface area contributed by atoms with Crippen LogP contribution >= 0.6 is 0 Å². The first kappa shape index (κ1) is 17.3. The van der Waals surface area contributed by atoms with Crippen LogP contribution in [-0.2, 0) is 4.79 Å². The first-order chi connectivity index (χ1) is 11.3. The molecule has 0 radical (unpaired) electrons. The fourth-order valence-electron chi connectivity index (χ4n) is 2.56. The molecule has 0 aliphatic rings. The van der Waals surface area contributed by atoms with Crippen molar-refractivity contribution in [3.63, 3.8) is 0 Å². The zero-order chi connectivity index (χ0) is 16.3. The highest BCUT2D eigenvalue weighted by Crippen LogP contribution is 2.23. The molecule has 4 nitrogen and oxygen atoms in total. The van der Waals surface area contributed by atoms with E-state index < -0.39 is 0 Å². The molecule has 0 saturated carbocycles. The molecule has 124 valence electrons. The number of imidazole rings is 1. The normalized spacial score (nSPS) is 10.7. The van der Waals surface area contributed by atoms with Crippen molar-refractivity contribution in [3.05, 3.63) is 43.0 Å². The van der Waals surface area contributed by atoms with Gasteiger partial charge in [-0.25, -0.2) is 4.98 Å². The van der Waals surface area contributed by atoms with Crippen LogP contribution in [0.25, 0.3) is 5.69 Å². The van der Waals surface area contributed by atoms with Gasteiger partial charge in [-0.3, -0.25) is 4.79 Å². The smallest absolute Gasteiger partial charge is 0.311 e. The third-order valence-corrected chi connectivity index (χ3v) is 3.86. The van der Waals surface area contributed by atoms with Gasteiger partial charge in [0.2, 0.25) is 0 Å². The number of para-hydroxylation sites is 2. The Morgan fingerprint density at radius 1 is 1.09 bits per heavy atom. The summed E-state index contributed by atoms with van der Waals surface area (Å²) in [7, 11) is 0. The van der Waals surface area contributed by atoms with Gasteiger partial charge in [-0.05, 0) is 18.6 Å². The Balaban J connectivity index is 1.76. The zero-order valence-corrected chi connectivity index (χ0v) is 13.9. The lowest BCUT2D eigenvalue weighted by molar-refractivity contribution is -0.134. The van der Waals surface area contributed by atoms with Gasteiger partial charge in [-0.1, -0.05) is 57.6 Å². The highest BCUT2D eigenvalue weighted by Gasteiger charge is 2.09. The van der Waals surface area contributed by atoms with Gasteiger partial charge in [0.05, 0.1) is 12.0 Å². The summed E-state index contributed by atoms with van der Waals surface area (Å²) in [4.78, 5) is 16.1. The van der Waals surface area contributed by atoms with Crippen molar-refractivity contribution in [1.29, 1.82) is 0 Å². The standard InChI is InChI=1S/C19H26N2O2/c1-2-3-4-5-6-7-8-13-19(22)23-18-12-10-9-11-17(18)21-15-14-20-16-21/h9-12,14-16H,2-8,13H2,1H3. The van der Waals surface area contributed by atoms with Crippen LogP contribution in [0.5, 0.6) is 5.75 Å². The van der Waals surface area contributed by atoms with Gasteiger partial charge < -0.3 is 9.30 Å². The molecule has 0 atom stereocenters. The molecular weight excluding hydrogens is 288 g/mol. The van der Waals surface area contributed by atoms with Crippen LogP contribution < -0.4 is 4.74 Å². The van der Waals surface area contributed by atoms with Crippen molar-refractivity contribution in [2.45, 2.75) is 58.3 Å². The highest BCUT2D eigenvalue weighted by atomic mass is 16.5. The number of hydrogen-bond donors (Lipinski definition) is 0. The number of unbranched alkanes of at least 4 members (excludes halogenated alkanes) is 6. The predicted molar refractivity (Wildman–Crippen MR) is 91.8 cm³/mol. The van der Waals surface area contributed by atoms with Gasteiger partial charge in [0.25, 0.3) is 0 Å². The van der Waals surface area contributed by atoms with E-state index in [-0.39, 0.29) is 5.97 Å². The molecule has 0 unspecified atom stereocenters. The fraction of sp³-hybridized carbons (Fsp3) is 0.474. The molecule has 1 heterocycles. The van der Waals surface area contributed by atoms with Crippen LogP contribution in [0.1, 0.15) is 58.3 Å². The summed E-state index contributed by atoms with van der Waals surface area (Å²) in [5, 5.41) is 0. The minimum absolute atomic E-state index is 0.161. The van der Waals surface area contributed by atoms with Crippen molar-refractivity contribution >= 4 is 5.97 Å². The van der Waals surface area contributed by atoms with E-state index in [4.69, 9.17) is 4.74 Å². The number of rotatable bonds is 10. The van der Waals surface area contributed by atoms with Crippen LogP contribution in [0.3, 0.4) is 0 Å². The zero-order valence-electron chi connectivity index (χ0n) is 13.9. The van der Waals surface area contributed by atoms with Crippen molar-refractivity contribution in [2.24, 2.45) is 0 Å². The van der Waals surface area contributed by atoms with Gasteiger partial charge in [0.15, 0.2) is 5.75 Å². The average molecular weight is 314 g/mol. The number of ether oxygens (including phenoxy) is 1. The number of hydrogen-bond acceptors (Lipinski definition) is 3. The minimum Gasteiger partial charge on any atom is -0.424 e. The van der Waals surface area contributed by atoms with E-state index in [0.29, 0.717) is 12.2 Å². The molecule has 4 heteroatoms. The Morgan fingerprint density at radius 3 is 2.57 bits per heavy atom. The SMILES string of the molecule is CCCCCCCCCC(=O)Oc1ccccc1-n1ccnc1. The Kier molecular flexibility index (Phi) is 7.37. The third kappa shape index (κ3) is 5.89. The van der Waals surface area contributed by atoms with Crippen molar-refractivity contribution in [3.8, 4) is 11.4 Å². The Labute approximate surface area is 138 Å². The first-order valence-corrected chi connectivity index (χ1v) is 8.59. The van der Waals surface area contributed by atoms with Crippen molar-refractivity contribution in [2.75, 3.05) is 0 Å². The molecule has 0 amide bonds. The van der Waals surface area contributed by atoms with E-state index >= 15 is 0 Å². The maximum atomic E-state index is 12.0. The molecule has 0 aliphatic carbocycles. The number of benzene rings is 1. The maximum absolute atomic E-state index is 12.0. The van der Waals surface area contributed by atoms with Crippen molar-refractivity contribution in [1.82, 2.24) is 9.55 Å². The number of nitrogens with zero attached hydrogens (tertiary/aromatic N) is 2. The second-order valence-electron chi connectivity index (χ2n) is 5.78. The topological polar surface area (TPSA) is 44.1 Å². The van der Waals surface area contributed by atoms with Gasteiger partial charge in [0.1, 0.15) is 0 Å². The second-order valence-corrected chi connectivity index (χ2v) is 5.78. The average Bonchev–Trinajstić information content (AvgIpc) is 3.09. The Hall–Kier alpha value is -2.10. The van der Waals surface area contributed by atoms with Gasteiger partial charge in [0, 0.05) is 18.8 Å². The summed E-state index contributed by atoms with van der Waals surface area (Å²) in [6.45, 7) is 2.22. The summed E-state index contributed by atoms with van der Waals surface area (Å²) in [5.74, 6) is 0.421. The highest BCUT2D eigenvalue weighted by molar-refractivity contribution is 5.73. The number of carbonyl (C=O) groups excluding carboxylic acids is 1. The van der Waals surface area contributed by atoms with E-state index in [2.05, 4.69) is 11.9 Å². The molecule has 0 N–H and O–H groups in total. The van der Waals surface area contributed by atoms with Crippen LogP contribution in [0.15, 0.2) is 43.0 Å². The van der Waals surface area contributed by atoms with Crippen LogP contribution in [-0.4, -0.2) is 15.5 Å². The molecular formula is C19H26N2O2. The monoisotopic (exact) mass is 314 g/mol. The molecule has 0 aliphatic heterocycles. The van der Waals surface area contributed by atoms with E-state index in [1.807, 2.05) is 35.0 Å². The van der Waals surface area contributed by atoms with E-state index in [1.54, 1.807) is 12.5 Å². The molecule has 2 aromatic rings. The Bertz CT molecular complexity index is 579. The third-order valence-electron chi connectivity index (χ3n) is 3.86. The van der Waals surface area contributed by atoms with E-state index in [1.165, 1.54) is 32.1 Å². The van der Waals surface area contributed by atoms with Gasteiger partial charge in [-0.2, -0.15) is 0 Å². The molecule has 0 spiro atoms. The van der Waals surface area contributed by atoms with Gasteiger partial charge in [-0.15, -0.1) is 0 Å². The first-order valence-electron chi connectivity index (χ1n) is 8.59. The summed E-state index contributed by atoms with van der Waals surface area (Å²) in [5.41, 5.74) is 0.831. The summed E-state index contributed by atoms with van der Waals surface area (Å²) in [6, 6.07) is 7.52. The Morgan fingerprint density at radius 2 is 1.83 bits per heavy atom. The van der Waals surface area contributed by atoms with Crippen LogP contribution in [0, 0.1) is 0 Å². The van der Waals surface area contributed by atoms with E-state index in [0.717, 1.165) is 18.5 Å². The minimum atomic E-state index is -0.161. The van der Waals surface area contributed by atoms with Crippen LogP contribution in [0.4, 0.5) is 0 Å². The second kappa shape index (κ2) is 9.82. The molecule has 0 bridgehead atoms. The largest absolute Gasteiger partial charge is 0.424 e. The van der Waals surface area contributed by atoms with Crippen molar-refractivity contribution < 1.29 is 9.53 Å². The molecule has 0 saturated heterocycles. The summed E-state index contributed by atoms with van der Waals surface area (Å²) < 4.78 is 7.37. The number of carbonyl (C=O) groups is 1.